The number of hydrogen-bond acceptors (Lipinski definition) is 3. The zero-order valence-corrected chi connectivity index (χ0v) is 6.95. The smallest absolute Gasteiger partial charge is 0.152 e. The van der Waals surface area contributed by atoms with Crippen molar-refractivity contribution < 1.29 is 10.3 Å². The van der Waals surface area contributed by atoms with Crippen LogP contribution in [0.3, 0.4) is 0 Å². The molecule has 1 heterocycles. The van der Waals surface area contributed by atoms with Crippen LogP contribution < -0.4 is 5.32 Å². The fourth-order valence-electron chi connectivity index (χ4n) is 1.28. The van der Waals surface area contributed by atoms with Gasteiger partial charge in [0, 0.05) is 5.56 Å². The quantitative estimate of drug-likeness (QED) is 0.640. The Bertz CT molecular complexity index is 347. The Balaban J connectivity index is 0.000000845. The third-order valence-electron chi connectivity index (χ3n) is 1.87. The molecule has 0 saturated carbocycles. The molecule has 1 aromatic carbocycles. The van der Waals surface area contributed by atoms with E-state index in [1.54, 1.807) is 12.4 Å². The highest BCUT2D eigenvalue weighted by molar-refractivity contribution is 5.92. The van der Waals surface area contributed by atoms with Gasteiger partial charge in [-0.05, 0) is 11.6 Å². The number of carbonyl (C=O) groups excluding carboxylic acids is 1. The molecule has 1 aromatic rings. The molecule has 0 aromatic heterocycles. The van der Waals surface area contributed by atoms with Crippen molar-refractivity contribution in [2.24, 2.45) is 4.99 Å². The fourth-order valence-corrected chi connectivity index (χ4v) is 1.28. The number of nitrogens with one attached hydrogen (secondary N) is 1. The van der Waals surface area contributed by atoms with Crippen molar-refractivity contribution in [1.82, 2.24) is 0 Å². The minimum Gasteiger partial charge on any atom is -0.412 e. The number of anilines is 1. The molecule has 1 aliphatic rings. The van der Waals surface area contributed by atoms with E-state index < -0.39 is 0 Å². The number of carbonyl (C=O) groups is 1. The molecule has 0 radical (unpaired) electrons. The molecule has 0 atom stereocenters. The minimum atomic E-state index is 0. The van der Waals surface area contributed by atoms with Crippen molar-refractivity contribution in [2.45, 2.75) is 6.54 Å². The zero-order chi connectivity index (χ0) is 8.39. The monoisotopic (exact) mass is 178 g/mol. The summed E-state index contributed by atoms with van der Waals surface area (Å²) in [5, 5.41) is 2.96. The maximum absolute atomic E-state index is 10.6. The van der Waals surface area contributed by atoms with Crippen LogP contribution in [0.25, 0.3) is 0 Å². The lowest BCUT2D eigenvalue weighted by molar-refractivity contribution is 0.112. The van der Waals surface area contributed by atoms with Crippen LogP contribution in [0.2, 0.25) is 0 Å². The van der Waals surface area contributed by atoms with Gasteiger partial charge in [0.25, 0.3) is 0 Å². The Morgan fingerprint density at radius 3 is 3.08 bits per heavy atom. The molecule has 0 unspecified atom stereocenters. The summed E-state index contributed by atoms with van der Waals surface area (Å²) < 4.78 is 0. The lowest BCUT2D eigenvalue weighted by atomic mass is 10.1. The van der Waals surface area contributed by atoms with Crippen molar-refractivity contribution >= 4 is 18.3 Å². The van der Waals surface area contributed by atoms with Crippen LogP contribution in [0.4, 0.5) is 5.69 Å². The van der Waals surface area contributed by atoms with Gasteiger partial charge in [0.1, 0.15) is 0 Å². The van der Waals surface area contributed by atoms with Crippen LogP contribution in [-0.2, 0) is 6.54 Å². The van der Waals surface area contributed by atoms with Crippen LogP contribution in [0.5, 0.6) is 0 Å². The number of benzene rings is 1. The van der Waals surface area contributed by atoms with Crippen molar-refractivity contribution in [3.8, 4) is 0 Å². The number of aldehydes is 1. The molecule has 0 bridgehead atoms. The molecule has 13 heavy (non-hydrogen) atoms. The Morgan fingerprint density at radius 2 is 2.31 bits per heavy atom. The van der Waals surface area contributed by atoms with E-state index in [0.29, 0.717) is 12.1 Å². The number of para-hydroxylation sites is 1. The van der Waals surface area contributed by atoms with E-state index in [9.17, 15) is 4.79 Å². The maximum atomic E-state index is 10.6. The molecule has 0 fully saturated rings. The second-order valence-electron chi connectivity index (χ2n) is 2.61. The topological polar surface area (TPSA) is 73.0 Å². The summed E-state index contributed by atoms with van der Waals surface area (Å²) in [7, 11) is 0. The predicted molar refractivity (Wildman–Crippen MR) is 51.3 cm³/mol. The number of rotatable bonds is 1. The van der Waals surface area contributed by atoms with E-state index in [0.717, 1.165) is 17.5 Å². The highest BCUT2D eigenvalue weighted by atomic mass is 16.1. The largest absolute Gasteiger partial charge is 0.412 e. The number of nitrogens with zero attached hydrogens (tertiary/aromatic N) is 1. The molecular formula is C9H10N2O2. The summed E-state index contributed by atoms with van der Waals surface area (Å²) in [6.45, 7) is 0.657. The molecule has 1 aliphatic heterocycles. The second kappa shape index (κ2) is 3.82. The molecule has 68 valence electrons. The average Bonchev–Trinajstić information content (AvgIpc) is 2.17. The van der Waals surface area contributed by atoms with Gasteiger partial charge < -0.3 is 10.8 Å². The summed E-state index contributed by atoms with van der Waals surface area (Å²) in [6, 6.07) is 5.62. The Labute approximate surface area is 75.6 Å². The van der Waals surface area contributed by atoms with Crippen LogP contribution in [0.15, 0.2) is 23.2 Å². The average molecular weight is 178 g/mol. The summed E-state index contributed by atoms with van der Waals surface area (Å²) in [6.07, 6.45) is 2.47. The van der Waals surface area contributed by atoms with Gasteiger partial charge in [-0.25, -0.2) is 0 Å². The lowest BCUT2D eigenvalue weighted by Crippen LogP contribution is -2.07. The van der Waals surface area contributed by atoms with Crippen molar-refractivity contribution in [1.29, 1.82) is 0 Å². The van der Waals surface area contributed by atoms with Crippen LogP contribution in [0, 0.1) is 0 Å². The van der Waals surface area contributed by atoms with E-state index in [1.165, 1.54) is 0 Å². The normalized spacial score (nSPS) is 12.3. The van der Waals surface area contributed by atoms with Gasteiger partial charge in [-0.1, -0.05) is 12.1 Å². The van der Waals surface area contributed by atoms with E-state index in [4.69, 9.17) is 0 Å². The van der Waals surface area contributed by atoms with E-state index in [2.05, 4.69) is 10.3 Å². The van der Waals surface area contributed by atoms with Crippen molar-refractivity contribution in [3.63, 3.8) is 0 Å². The van der Waals surface area contributed by atoms with Gasteiger partial charge in [-0.15, -0.1) is 0 Å². The zero-order valence-electron chi connectivity index (χ0n) is 6.95. The molecule has 0 saturated heterocycles. The summed E-state index contributed by atoms with van der Waals surface area (Å²) >= 11 is 0. The van der Waals surface area contributed by atoms with Crippen LogP contribution in [-0.4, -0.2) is 18.1 Å². The molecule has 0 amide bonds. The van der Waals surface area contributed by atoms with E-state index >= 15 is 0 Å². The van der Waals surface area contributed by atoms with Crippen molar-refractivity contribution in [3.05, 3.63) is 29.3 Å². The van der Waals surface area contributed by atoms with Crippen LogP contribution in [0.1, 0.15) is 15.9 Å². The third-order valence-corrected chi connectivity index (χ3v) is 1.87. The highest BCUT2D eigenvalue weighted by Gasteiger charge is 2.08. The first-order valence-electron chi connectivity index (χ1n) is 3.74. The molecule has 2 rings (SSSR count). The summed E-state index contributed by atoms with van der Waals surface area (Å²) in [4.78, 5) is 14.6. The first-order valence-corrected chi connectivity index (χ1v) is 3.74. The Kier molecular flexibility index (Phi) is 2.76. The highest BCUT2D eigenvalue weighted by Crippen LogP contribution is 2.21. The molecule has 4 heteroatoms. The van der Waals surface area contributed by atoms with Gasteiger partial charge in [-0.3, -0.25) is 9.79 Å². The van der Waals surface area contributed by atoms with E-state index in [-0.39, 0.29) is 5.48 Å². The van der Waals surface area contributed by atoms with Gasteiger partial charge >= 0.3 is 0 Å². The van der Waals surface area contributed by atoms with Gasteiger partial charge in [0.05, 0.1) is 18.6 Å². The summed E-state index contributed by atoms with van der Waals surface area (Å²) in [5.74, 6) is 0. The molecule has 0 aliphatic carbocycles. The third kappa shape index (κ3) is 1.57. The maximum Gasteiger partial charge on any atom is 0.152 e. The first-order chi connectivity index (χ1) is 5.92. The fraction of sp³-hybridized carbons (Fsp3) is 0.111. The number of aliphatic imine (C=N–C) groups is 1. The number of hydrogen-bond donors (Lipinski definition) is 1. The second-order valence-corrected chi connectivity index (χ2v) is 2.61. The van der Waals surface area contributed by atoms with Gasteiger partial charge in [0.15, 0.2) is 6.29 Å². The Hall–Kier alpha value is -1.68. The SMILES string of the molecule is O.O=Cc1cccc2c1NC=NC2. The van der Waals surface area contributed by atoms with Gasteiger partial charge in [-0.2, -0.15) is 0 Å². The van der Waals surface area contributed by atoms with Crippen LogP contribution >= 0.6 is 0 Å². The Morgan fingerprint density at radius 1 is 1.46 bits per heavy atom. The summed E-state index contributed by atoms with van der Waals surface area (Å²) in [5.41, 5.74) is 2.66. The lowest BCUT2D eigenvalue weighted by Gasteiger charge is -2.13. The minimum absolute atomic E-state index is 0. The van der Waals surface area contributed by atoms with Crippen molar-refractivity contribution in [2.75, 3.05) is 5.32 Å². The number of fused-ring (bicyclic) bond motifs is 1. The standard InChI is InChI=1S/C9H8N2O.H2O/c12-5-8-3-1-2-7-4-10-6-11-9(7)8;/h1-3,5-6H,4H2,(H,10,11);1H2. The van der Waals surface area contributed by atoms with Gasteiger partial charge in [0.2, 0.25) is 0 Å². The predicted octanol–water partition coefficient (Wildman–Crippen LogP) is 0.628. The molecular weight excluding hydrogens is 168 g/mol. The molecule has 4 nitrogen and oxygen atoms in total. The molecule has 3 N–H and O–H groups in total. The first kappa shape index (κ1) is 9.41. The molecule has 0 spiro atoms. The van der Waals surface area contributed by atoms with E-state index in [1.807, 2.05) is 12.1 Å².